The van der Waals surface area contributed by atoms with Crippen molar-refractivity contribution >= 4 is 36.7 Å². The highest BCUT2D eigenvalue weighted by Crippen LogP contribution is 2.49. The number of fused-ring (bicyclic) bond motifs is 2. The fraction of sp³-hybridized carbons (Fsp3) is 0.361. The lowest BCUT2D eigenvalue weighted by molar-refractivity contribution is 0.0641. The van der Waals surface area contributed by atoms with Crippen molar-refractivity contribution in [2.45, 2.75) is 71.1 Å². The lowest BCUT2D eigenvalue weighted by Crippen LogP contribution is -2.51. The molecule has 0 unspecified atom stereocenters. The first-order valence-electron chi connectivity index (χ1n) is 15.6. The van der Waals surface area contributed by atoms with E-state index in [2.05, 4.69) is 41.5 Å². The van der Waals surface area contributed by atoms with E-state index in [4.69, 9.17) is 24.6 Å². The van der Waals surface area contributed by atoms with E-state index in [0.29, 0.717) is 40.1 Å². The van der Waals surface area contributed by atoms with Crippen LogP contribution < -0.4 is 19.6 Å². The molecule has 46 heavy (non-hydrogen) atoms. The second-order valence-corrected chi connectivity index (χ2v) is 18.2. The number of nitrogen functional groups attached to an aromatic ring is 1. The third-order valence-electron chi connectivity index (χ3n) is 9.24. The van der Waals surface area contributed by atoms with Gasteiger partial charge in [-0.3, -0.25) is 19.5 Å². The van der Waals surface area contributed by atoms with Gasteiger partial charge in [0.25, 0.3) is 20.1 Å². The fourth-order valence-electron chi connectivity index (χ4n) is 7.04. The van der Waals surface area contributed by atoms with Gasteiger partial charge in [0.05, 0.1) is 37.6 Å². The molecule has 0 saturated heterocycles. The molecule has 2 heterocycles. The largest absolute Gasteiger partial charge is 0.541 e. The number of amides is 2. The average molecular weight is 644 g/mol. The number of hydrogen-bond donors (Lipinski definition) is 1. The number of nitrogens with two attached hydrogens (primary N) is 1. The molecule has 2 amide bonds. The number of carbonyl (C=O) groups is 2. The van der Waals surface area contributed by atoms with Crippen LogP contribution in [0.15, 0.2) is 54.7 Å². The Morgan fingerprint density at radius 1 is 0.848 bits per heavy atom. The summed E-state index contributed by atoms with van der Waals surface area (Å²) >= 11 is 0. The van der Waals surface area contributed by atoms with Gasteiger partial charge in [0, 0.05) is 23.2 Å². The van der Waals surface area contributed by atoms with E-state index in [0.717, 1.165) is 11.1 Å². The summed E-state index contributed by atoms with van der Waals surface area (Å²) in [7, 11) is 0.454. The van der Waals surface area contributed by atoms with Gasteiger partial charge in [-0.15, -0.1) is 0 Å². The number of methoxy groups -OCH3 is 2. The maximum absolute atomic E-state index is 14.3. The van der Waals surface area contributed by atoms with Gasteiger partial charge >= 0.3 is 0 Å². The zero-order valence-corrected chi connectivity index (χ0v) is 28.7. The van der Waals surface area contributed by atoms with Crippen LogP contribution >= 0.6 is 0 Å². The molecule has 2 N–H and O–H groups in total. The smallest absolute Gasteiger partial charge is 0.265 e. The minimum atomic E-state index is -2.63. The van der Waals surface area contributed by atoms with Crippen molar-refractivity contribution in [1.82, 2.24) is 9.88 Å². The molecule has 0 saturated carbocycles. The molecule has 8 nitrogen and oxygen atoms in total. The number of imide groups is 1. The molecule has 4 aromatic rings. The predicted octanol–water partition coefficient (Wildman–Crippen LogP) is 7.91. The highest BCUT2D eigenvalue weighted by atomic mass is 28.4. The van der Waals surface area contributed by atoms with Crippen molar-refractivity contribution in [2.75, 3.05) is 20.0 Å². The van der Waals surface area contributed by atoms with E-state index in [1.54, 1.807) is 43.6 Å². The van der Waals surface area contributed by atoms with Crippen molar-refractivity contribution in [3.63, 3.8) is 0 Å². The van der Waals surface area contributed by atoms with Gasteiger partial charge in [-0.1, -0.05) is 53.7 Å². The van der Waals surface area contributed by atoms with Crippen molar-refractivity contribution in [1.29, 1.82) is 0 Å². The molecule has 242 valence electrons. The van der Waals surface area contributed by atoms with Gasteiger partial charge in [-0.2, -0.15) is 0 Å². The predicted molar refractivity (Wildman–Crippen MR) is 181 cm³/mol. The average Bonchev–Trinajstić information content (AvgIpc) is 3.27. The number of ether oxygens (including phenoxy) is 2. The molecule has 0 aliphatic carbocycles. The van der Waals surface area contributed by atoms with Gasteiger partial charge < -0.3 is 19.6 Å². The normalized spacial score (nSPS) is 13.3. The zero-order chi connectivity index (χ0) is 33.5. The minimum absolute atomic E-state index is 0.0287. The number of rotatable bonds is 11. The summed E-state index contributed by atoms with van der Waals surface area (Å²) in [5, 5.41) is 0.539. The molecule has 1 aliphatic rings. The summed E-state index contributed by atoms with van der Waals surface area (Å²) < 4.78 is 31.7. The molecule has 10 heteroatoms. The first-order valence-corrected chi connectivity index (χ1v) is 17.7. The Morgan fingerprint density at radius 2 is 1.48 bits per heavy atom. The van der Waals surface area contributed by atoms with Gasteiger partial charge in [0.2, 0.25) is 0 Å². The van der Waals surface area contributed by atoms with Crippen molar-refractivity contribution in [2.24, 2.45) is 0 Å². The van der Waals surface area contributed by atoms with E-state index >= 15 is 0 Å². The number of benzene rings is 3. The van der Waals surface area contributed by atoms with E-state index in [1.165, 1.54) is 24.1 Å². The van der Waals surface area contributed by atoms with Gasteiger partial charge in [-0.05, 0) is 64.5 Å². The SMILES string of the molecule is COc1ccc(CN2C(=O)c3c(c(O[Si](C(C)C)(C(C)C)C(C)C)c4ncc(Cc5ccc(F)cc5)cc4c3N)C2=O)c(OC)c1. The second-order valence-electron chi connectivity index (χ2n) is 12.8. The fourth-order valence-corrected chi connectivity index (χ4v) is 12.3. The lowest BCUT2D eigenvalue weighted by atomic mass is 9.98. The monoisotopic (exact) mass is 643 g/mol. The van der Waals surface area contributed by atoms with E-state index in [9.17, 15) is 14.0 Å². The first kappa shape index (κ1) is 32.9. The molecule has 0 atom stereocenters. The maximum Gasteiger partial charge on any atom is 0.265 e. The zero-order valence-electron chi connectivity index (χ0n) is 27.7. The molecule has 3 aromatic carbocycles. The quantitative estimate of drug-likeness (QED) is 0.101. The molecular weight excluding hydrogens is 601 g/mol. The van der Waals surface area contributed by atoms with Crippen LogP contribution in [0.1, 0.15) is 78.9 Å². The first-order chi connectivity index (χ1) is 21.8. The Hall–Kier alpha value is -4.44. The standard InChI is InChI=1S/C36H42FN3O5Si/c1-20(2)46(21(3)4,22(5)6)45-34-31-30(35(41)40(36(31)42)19-25-11-14-27(43-7)17-29(25)44-8)32(38)28-16-24(18-39-33(28)34)15-23-9-12-26(37)13-10-23/h9-14,16-18,20-22H,15,19,38H2,1-8H3. The molecule has 0 radical (unpaired) electrons. The van der Waals surface area contributed by atoms with Crippen LogP contribution in [0.2, 0.25) is 16.6 Å². The topological polar surface area (TPSA) is 104 Å². The molecule has 1 aliphatic heterocycles. The molecule has 5 rings (SSSR count). The van der Waals surface area contributed by atoms with Gasteiger partial charge in [0.1, 0.15) is 28.6 Å². The summed E-state index contributed by atoms with van der Waals surface area (Å²) in [4.78, 5) is 34.6. The lowest BCUT2D eigenvalue weighted by Gasteiger charge is -2.42. The van der Waals surface area contributed by atoms with Crippen LogP contribution in [-0.2, 0) is 13.0 Å². The summed E-state index contributed by atoms with van der Waals surface area (Å²) in [5.74, 6) is 0.0974. The molecule has 1 aromatic heterocycles. The van der Waals surface area contributed by atoms with E-state index in [1.807, 2.05) is 6.07 Å². The molecule has 0 spiro atoms. The van der Waals surface area contributed by atoms with Crippen LogP contribution in [0.25, 0.3) is 10.9 Å². The Balaban J connectivity index is 1.71. The van der Waals surface area contributed by atoms with E-state index < -0.39 is 20.1 Å². The van der Waals surface area contributed by atoms with Crippen molar-refractivity contribution in [3.8, 4) is 17.2 Å². The second kappa shape index (κ2) is 12.7. The summed E-state index contributed by atoms with van der Waals surface area (Å²) in [5.41, 5.74) is 10.6. The van der Waals surface area contributed by atoms with Crippen LogP contribution in [-0.4, -0.2) is 44.2 Å². The third kappa shape index (κ3) is 5.59. The Bertz CT molecular complexity index is 1780. The third-order valence-corrected chi connectivity index (χ3v) is 15.2. The van der Waals surface area contributed by atoms with Crippen molar-refractivity contribution < 1.29 is 27.9 Å². The van der Waals surface area contributed by atoms with Gasteiger partial charge in [-0.25, -0.2) is 4.39 Å². The number of nitrogens with zero attached hydrogens (tertiary/aromatic N) is 2. The molecular formula is C36H42FN3O5Si. The summed E-state index contributed by atoms with van der Waals surface area (Å²) in [6.45, 7) is 12.9. The number of halogens is 1. The molecule has 0 fully saturated rings. The van der Waals surface area contributed by atoms with Crippen molar-refractivity contribution in [3.05, 3.63) is 88.4 Å². The maximum atomic E-state index is 14.3. The number of carbonyl (C=O) groups excluding carboxylic acids is 2. The van der Waals surface area contributed by atoms with Crippen LogP contribution in [0, 0.1) is 5.82 Å². The van der Waals surface area contributed by atoms with Gasteiger partial charge in [0.15, 0.2) is 0 Å². The Kier molecular flexibility index (Phi) is 9.13. The molecule has 0 bridgehead atoms. The van der Waals surface area contributed by atoms with E-state index in [-0.39, 0.29) is 45.8 Å². The summed E-state index contributed by atoms with van der Waals surface area (Å²) in [6, 6.07) is 13.4. The highest BCUT2D eigenvalue weighted by Gasteiger charge is 2.50. The summed E-state index contributed by atoms with van der Waals surface area (Å²) in [6.07, 6.45) is 2.21. The number of aromatic nitrogens is 1. The van der Waals surface area contributed by atoms with Crippen LogP contribution in [0.5, 0.6) is 17.2 Å². The van der Waals surface area contributed by atoms with Crippen LogP contribution in [0.4, 0.5) is 10.1 Å². The Morgan fingerprint density at radius 3 is 2.07 bits per heavy atom. The van der Waals surface area contributed by atoms with Crippen LogP contribution in [0.3, 0.4) is 0 Å². The Labute approximate surface area is 270 Å². The number of anilines is 1. The number of hydrogen-bond acceptors (Lipinski definition) is 7. The highest BCUT2D eigenvalue weighted by molar-refractivity contribution is 6.78. The minimum Gasteiger partial charge on any atom is -0.541 e. The number of pyridine rings is 1.